The summed E-state index contributed by atoms with van der Waals surface area (Å²) in [6.45, 7) is 5.88. The summed E-state index contributed by atoms with van der Waals surface area (Å²) in [5.41, 5.74) is 4.12. The number of rotatable bonds is 17. The topological polar surface area (TPSA) is 55.8 Å². The Morgan fingerprint density at radius 3 is 1.57 bits per heavy atom. The molecule has 0 aliphatic heterocycles. The van der Waals surface area contributed by atoms with Gasteiger partial charge in [-0.3, -0.25) is 0 Å². The fraction of sp³-hybridized carbons (Fsp3) is 0.424. The third-order valence-corrected chi connectivity index (χ3v) is 6.63. The number of hydrogen-bond acceptors (Lipinski definition) is 3. The number of unbranched alkanes of at least 4 members (excludes halogenated alkanes) is 8. The van der Waals surface area contributed by atoms with Gasteiger partial charge in [0.15, 0.2) is 0 Å². The Balaban J connectivity index is 1.68. The molecular weight excluding hydrogens is 460 g/mol. The van der Waals surface area contributed by atoms with Gasteiger partial charge in [-0.15, -0.1) is 0 Å². The highest BCUT2D eigenvalue weighted by molar-refractivity contribution is 5.93. The molecule has 37 heavy (non-hydrogen) atoms. The molecule has 198 valence electrons. The summed E-state index contributed by atoms with van der Waals surface area (Å²) in [5.74, 6) is 0.766. The van der Waals surface area contributed by atoms with Crippen molar-refractivity contribution >= 4 is 5.97 Å². The zero-order chi connectivity index (χ0) is 26.3. The Bertz CT molecular complexity index is 1070. The van der Waals surface area contributed by atoms with Crippen molar-refractivity contribution in [1.82, 2.24) is 0 Å². The van der Waals surface area contributed by atoms with Crippen molar-refractivity contribution in [1.29, 1.82) is 0 Å². The second kappa shape index (κ2) is 15.8. The highest BCUT2D eigenvalue weighted by Crippen LogP contribution is 2.35. The predicted octanol–water partition coefficient (Wildman–Crippen LogP) is 9.42. The Hall–Kier alpha value is -3.27. The molecule has 0 atom stereocenters. The van der Waals surface area contributed by atoms with Crippen molar-refractivity contribution < 1.29 is 19.4 Å². The lowest BCUT2D eigenvalue weighted by molar-refractivity contribution is 0.0697. The van der Waals surface area contributed by atoms with E-state index in [4.69, 9.17) is 9.47 Å². The summed E-state index contributed by atoms with van der Waals surface area (Å²) in [6, 6.07) is 21.3. The van der Waals surface area contributed by atoms with Crippen molar-refractivity contribution in [3.63, 3.8) is 0 Å². The number of hydrogen-bond donors (Lipinski definition) is 1. The molecule has 0 unspecified atom stereocenters. The second-order valence-electron chi connectivity index (χ2n) is 9.64. The lowest BCUT2D eigenvalue weighted by Crippen LogP contribution is -1.99. The zero-order valence-corrected chi connectivity index (χ0v) is 22.5. The van der Waals surface area contributed by atoms with E-state index in [1.807, 2.05) is 54.6 Å². The van der Waals surface area contributed by atoms with E-state index in [-0.39, 0.29) is 5.56 Å². The first-order valence-electron chi connectivity index (χ1n) is 14.0. The first kappa shape index (κ1) is 28.3. The number of carboxylic acid groups (broad SMARTS) is 1. The number of carboxylic acids is 1. The van der Waals surface area contributed by atoms with Crippen molar-refractivity contribution in [2.75, 3.05) is 13.2 Å². The van der Waals surface area contributed by atoms with Crippen LogP contribution >= 0.6 is 0 Å². The summed E-state index contributed by atoms with van der Waals surface area (Å²) in [5, 5.41) is 9.58. The highest BCUT2D eigenvalue weighted by atomic mass is 16.5. The lowest BCUT2D eigenvalue weighted by Gasteiger charge is -2.13. The normalized spacial score (nSPS) is 10.9. The molecular formula is C33H42O4. The molecule has 0 radical (unpaired) electrons. The SMILES string of the molecule is CCCCCCCCOc1ccc(-c2ccc(C(=O)O)cc2-c2ccc(OCCCCCC)cc2)cc1. The number of aromatic carboxylic acids is 1. The quantitative estimate of drug-likeness (QED) is 0.187. The highest BCUT2D eigenvalue weighted by Gasteiger charge is 2.12. The van der Waals surface area contributed by atoms with Crippen LogP contribution in [0.15, 0.2) is 66.7 Å². The lowest BCUT2D eigenvalue weighted by atomic mass is 9.92. The van der Waals surface area contributed by atoms with E-state index in [9.17, 15) is 9.90 Å². The summed E-state index contributed by atoms with van der Waals surface area (Å²) in [4.78, 5) is 11.7. The van der Waals surface area contributed by atoms with Gasteiger partial charge in [-0.05, 0) is 71.5 Å². The zero-order valence-electron chi connectivity index (χ0n) is 22.5. The van der Waals surface area contributed by atoms with Crippen LogP contribution in [-0.2, 0) is 0 Å². The maximum absolute atomic E-state index is 11.7. The molecule has 0 saturated heterocycles. The van der Waals surface area contributed by atoms with Crippen LogP contribution in [0, 0.1) is 0 Å². The van der Waals surface area contributed by atoms with Crippen LogP contribution in [0.2, 0.25) is 0 Å². The van der Waals surface area contributed by atoms with Crippen LogP contribution in [0.5, 0.6) is 11.5 Å². The van der Waals surface area contributed by atoms with E-state index in [1.54, 1.807) is 12.1 Å². The van der Waals surface area contributed by atoms with Gasteiger partial charge in [-0.2, -0.15) is 0 Å². The maximum atomic E-state index is 11.7. The van der Waals surface area contributed by atoms with Gasteiger partial charge in [-0.25, -0.2) is 4.79 Å². The Labute approximate surface area is 222 Å². The molecule has 3 rings (SSSR count). The molecule has 0 bridgehead atoms. The van der Waals surface area contributed by atoms with E-state index in [1.165, 1.54) is 51.4 Å². The van der Waals surface area contributed by atoms with Crippen molar-refractivity contribution in [3.8, 4) is 33.8 Å². The maximum Gasteiger partial charge on any atom is 0.335 e. The van der Waals surface area contributed by atoms with Gasteiger partial charge in [0.2, 0.25) is 0 Å². The minimum atomic E-state index is -0.932. The molecule has 4 nitrogen and oxygen atoms in total. The Kier molecular flexibility index (Phi) is 12.1. The first-order chi connectivity index (χ1) is 18.1. The van der Waals surface area contributed by atoms with E-state index in [2.05, 4.69) is 13.8 Å². The molecule has 0 aliphatic rings. The van der Waals surface area contributed by atoms with Crippen LogP contribution in [-0.4, -0.2) is 24.3 Å². The van der Waals surface area contributed by atoms with Crippen LogP contribution in [0.25, 0.3) is 22.3 Å². The number of benzene rings is 3. The monoisotopic (exact) mass is 502 g/mol. The van der Waals surface area contributed by atoms with E-state index < -0.39 is 5.97 Å². The largest absolute Gasteiger partial charge is 0.494 e. The molecule has 3 aromatic carbocycles. The standard InChI is InChI=1S/C33H42O4/c1-3-5-7-9-10-12-24-37-29-18-13-26(14-19-29)31-22-17-28(33(34)35)25-32(31)27-15-20-30(21-16-27)36-23-11-8-6-4-2/h13-22,25H,3-12,23-24H2,1-2H3,(H,34,35). The summed E-state index contributed by atoms with van der Waals surface area (Å²) in [7, 11) is 0. The van der Waals surface area contributed by atoms with Gasteiger partial charge in [0.1, 0.15) is 11.5 Å². The van der Waals surface area contributed by atoms with Crippen LogP contribution < -0.4 is 9.47 Å². The fourth-order valence-corrected chi connectivity index (χ4v) is 4.42. The third-order valence-electron chi connectivity index (χ3n) is 6.63. The van der Waals surface area contributed by atoms with Crippen LogP contribution in [0.3, 0.4) is 0 Å². The van der Waals surface area contributed by atoms with Gasteiger partial charge in [0, 0.05) is 0 Å². The van der Waals surface area contributed by atoms with E-state index >= 15 is 0 Å². The molecule has 0 heterocycles. The number of carbonyl (C=O) groups is 1. The molecule has 0 aliphatic carbocycles. The van der Waals surface area contributed by atoms with Gasteiger partial charge < -0.3 is 14.6 Å². The smallest absolute Gasteiger partial charge is 0.335 e. The fourth-order valence-electron chi connectivity index (χ4n) is 4.42. The summed E-state index contributed by atoms with van der Waals surface area (Å²) >= 11 is 0. The van der Waals surface area contributed by atoms with Gasteiger partial charge >= 0.3 is 5.97 Å². The van der Waals surface area contributed by atoms with Gasteiger partial charge in [-0.1, -0.05) is 95.5 Å². The Morgan fingerprint density at radius 2 is 1.05 bits per heavy atom. The second-order valence-corrected chi connectivity index (χ2v) is 9.64. The molecule has 0 aromatic heterocycles. The van der Waals surface area contributed by atoms with Crippen molar-refractivity contribution in [2.45, 2.75) is 78.1 Å². The van der Waals surface area contributed by atoms with Crippen LogP contribution in [0.4, 0.5) is 0 Å². The molecule has 0 saturated carbocycles. The van der Waals surface area contributed by atoms with E-state index in [0.29, 0.717) is 6.61 Å². The molecule has 0 fully saturated rings. The third kappa shape index (κ3) is 9.27. The average Bonchev–Trinajstić information content (AvgIpc) is 2.93. The summed E-state index contributed by atoms with van der Waals surface area (Å²) in [6.07, 6.45) is 12.1. The molecule has 4 heteroatoms. The van der Waals surface area contributed by atoms with Gasteiger partial charge in [0.25, 0.3) is 0 Å². The number of ether oxygens (including phenoxy) is 2. The predicted molar refractivity (Wildman–Crippen MR) is 153 cm³/mol. The average molecular weight is 503 g/mol. The minimum absolute atomic E-state index is 0.272. The van der Waals surface area contributed by atoms with E-state index in [0.717, 1.165) is 53.2 Å². The molecule has 3 aromatic rings. The first-order valence-corrected chi connectivity index (χ1v) is 14.0. The Morgan fingerprint density at radius 1 is 0.595 bits per heavy atom. The van der Waals surface area contributed by atoms with Crippen molar-refractivity contribution in [3.05, 3.63) is 72.3 Å². The minimum Gasteiger partial charge on any atom is -0.494 e. The van der Waals surface area contributed by atoms with Crippen LogP contribution in [0.1, 0.15) is 88.4 Å². The molecule has 0 amide bonds. The van der Waals surface area contributed by atoms with Crippen molar-refractivity contribution in [2.24, 2.45) is 0 Å². The van der Waals surface area contributed by atoms with Gasteiger partial charge in [0.05, 0.1) is 18.8 Å². The molecule has 1 N–H and O–H groups in total. The molecule has 0 spiro atoms. The summed E-state index contributed by atoms with van der Waals surface area (Å²) < 4.78 is 11.8.